The van der Waals surface area contributed by atoms with Crippen molar-refractivity contribution in [3.63, 3.8) is 0 Å². The quantitative estimate of drug-likeness (QED) is 0.280. The molecule has 148 valence electrons. The zero-order valence-corrected chi connectivity index (χ0v) is 15.6. The average molecular weight is 402 g/mol. The molecule has 8 nitrogen and oxygen atoms in total. The molecule has 7 N–H and O–H groups in total. The third-order valence-corrected chi connectivity index (χ3v) is 4.11. The van der Waals surface area contributed by atoms with E-state index in [2.05, 4.69) is 15.3 Å². The molecule has 0 amide bonds. The lowest BCUT2D eigenvalue weighted by molar-refractivity contribution is 0.464. The van der Waals surface area contributed by atoms with E-state index in [-0.39, 0.29) is 25.2 Å². The van der Waals surface area contributed by atoms with Crippen LogP contribution >= 0.6 is 12.0 Å². The first-order chi connectivity index (χ1) is 13.2. The smallest absolute Gasteiger partial charge is 0.193 e. The Morgan fingerprint density at radius 2 is 1.93 bits per heavy atom. The molecule has 0 bridgehead atoms. The van der Waals surface area contributed by atoms with Gasteiger partial charge in [-0.3, -0.25) is 4.98 Å². The van der Waals surface area contributed by atoms with Crippen molar-refractivity contribution in [2.75, 3.05) is 5.32 Å². The van der Waals surface area contributed by atoms with Gasteiger partial charge in [0, 0.05) is 19.7 Å². The first-order valence-corrected chi connectivity index (χ1v) is 8.82. The lowest BCUT2D eigenvalue weighted by atomic mass is 10.3. The molecule has 2 aromatic carbocycles. The lowest BCUT2D eigenvalue weighted by Crippen LogP contribution is -2.23. The van der Waals surface area contributed by atoms with E-state index in [0.717, 1.165) is 0 Å². The van der Waals surface area contributed by atoms with Crippen LogP contribution in [0.4, 0.5) is 5.69 Å². The summed E-state index contributed by atoms with van der Waals surface area (Å²) in [6.45, 7) is 0.106. The highest BCUT2D eigenvalue weighted by molar-refractivity contribution is 7.94. The van der Waals surface area contributed by atoms with Crippen LogP contribution in [-0.4, -0.2) is 26.1 Å². The zero-order chi connectivity index (χ0) is 19.1. The second-order valence-electron chi connectivity index (χ2n) is 5.43. The van der Waals surface area contributed by atoms with Crippen molar-refractivity contribution in [1.29, 1.82) is 0 Å². The van der Waals surface area contributed by atoms with Crippen molar-refractivity contribution in [2.45, 2.75) is 11.4 Å². The highest BCUT2D eigenvalue weighted by atomic mass is 32.2. The summed E-state index contributed by atoms with van der Waals surface area (Å²) in [6.07, 6.45) is 1.57. The second kappa shape index (κ2) is 10.2. The fraction of sp³-hybridized carbons (Fsp3) is 0.0526. The fourth-order valence-electron chi connectivity index (χ4n) is 2.29. The Bertz CT molecular complexity index is 945. The normalized spacial score (nSPS) is 10.8. The molecule has 1 aromatic heterocycles. The maximum absolute atomic E-state index is 9.75. The molecule has 1 heterocycles. The summed E-state index contributed by atoms with van der Waals surface area (Å²) in [5.74, 6) is 1.28. The number of aromatic hydroxyl groups is 1. The zero-order valence-electron chi connectivity index (χ0n) is 14.7. The van der Waals surface area contributed by atoms with Gasteiger partial charge in [-0.15, -0.1) is 0 Å². The van der Waals surface area contributed by atoms with Gasteiger partial charge in [0.05, 0.1) is 11.4 Å². The number of pyridine rings is 1. The Morgan fingerprint density at radius 1 is 1.14 bits per heavy atom. The Kier molecular flexibility index (Phi) is 7.64. The molecule has 0 spiro atoms. The molecule has 0 fully saturated rings. The number of benzene rings is 2. The molecule has 0 aliphatic rings. The van der Waals surface area contributed by atoms with Crippen LogP contribution in [0.15, 0.2) is 76.7 Å². The first kappa shape index (κ1) is 21.0. The number of aromatic nitrogens is 1. The van der Waals surface area contributed by atoms with Crippen LogP contribution in [0.25, 0.3) is 0 Å². The van der Waals surface area contributed by atoms with E-state index in [9.17, 15) is 9.66 Å². The van der Waals surface area contributed by atoms with Gasteiger partial charge in [-0.2, -0.15) is 0 Å². The minimum absolute atomic E-state index is 0. The van der Waals surface area contributed by atoms with Gasteiger partial charge in [-0.05, 0) is 36.4 Å². The molecule has 9 heteroatoms. The Hall–Kier alpha value is -3.27. The number of para-hydroxylation sites is 2. The van der Waals surface area contributed by atoms with Crippen LogP contribution in [0.3, 0.4) is 0 Å². The van der Waals surface area contributed by atoms with Crippen LogP contribution in [0.2, 0.25) is 0 Å². The number of ether oxygens (including phenoxy) is 1. The van der Waals surface area contributed by atoms with Gasteiger partial charge in [0.2, 0.25) is 0 Å². The maximum atomic E-state index is 9.75. The second-order valence-corrected chi connectivity index (χ2v) is 6.05. The monoisotopic (exact) mass is 402 g/mol. The predicted molar refractivity (Wildman–Crippen MR) is 112 cm³/mol. The van der Waals surface area contributed by atoms with Crippen LogP contribution in [-0.2, 0) is 6.54 Å². The number of hydrogen-bond donors (Lipinski definition) is 4. The van der Waals surface area contributed by atoms with E-state index in [1.807, 2.05) is 30.3 Å². The van der Waals surface area contributed by atoms with Crippen LogP contribution < -0.4 is 15.8 Å². The Morgan fingerprint density at radius 3 is 2.64 bits per heavy atom. The van der Waals surface area contributed by atoms with Crippen molar-refractivity contribution >= 4 is 23.7 Å². The summed E-state index contributed by atoms with van der Waals surface area (Å²) >= 11 is 0.574. The van der Waals surface area contributed by atoms with Gasteiger partial charge in [-0.25, -0.2) is 4.99 Å². The molecule has 3 rings (SSSR count). The summed E-state index contributed by atoms with van der Waals surface area (Å²) in [6, 6.07) is 17.7. The van der Waals surface area contributed by atoms with Gasteiger partial charge < -0.3 is 30.9 Å². The molecule has 0 radical (unpaired) electrons. The molecule has 0 aliphatic heterocycles. The Balaban J connectivity index is 0.00000210. The maximum Gasteiger partial charge on any atom is 0.193 e. The molecular weight excluding hydrogens is 380 g/mol. The highest BCUT2D eigenvalue weighted by Gasteiger charge is 2.12. The van der Waals surface area contributed by atoms with Gasteiger partial charge in [-0.1, -0.05) is 24.3 Å². The fourth-order valence-corrected chi connectivity index (χ4v) is 2.67. The number of hydrogen-bond acceptors (Lipinski definition) is 6. The van der Waals surface area contributed by atoms with Crippen molar-refractivity contribution in [1.82, 2.24) is 4.98 Å². The first-order valence-electron chi connectivity index (χ1n) is 8.04. The van der Waals surface area contributed by atoms with Crippen LogP contribution in [0, 0.1) is 0 Å². The molecule has 28 heavy (non-hydrogen) atoms. The molecule has 0 saturated carbocycles. The topological polar surface area (TPSA) is 144 Å². The number of rotatable bonds is 6. The molecule has 3 aromatic rings. The van der Waals surface area contributed by atoms with Gasteiger partial charge in [0.25, 0.3) is 0 Å². The summed E-state index contributed by atoms with van der Waals surface area (Å²) in [4.78, 5) is 8.77. The number of nitrogens with one attached hydrogen (secondary N) is 1. The number of aliphatic imine (C=N–C) groups is 1. The standard InChI is InChI=1S/C19H18N4O3S.H2O.H2/c20-19(22-12-14-15(24)8-5-11-21-14)23-18-16(9-4-10-17(18)27-25)26-13-6-2-1-3-7-13;;/h1-11,24-25H,12H2,(H3,20,22,23);1H2;1H. The average Bonchev–Trinajstić information content (AvgIpc) is 2.69. The third-order valence-electron chi connectivity index (χ3n) is 3.58. The van der Waals surface area contributed by atoms with E-state index in [1.54, 1.807) is 30.5 Å². The van der Waals surface area contributed by atoms with Crippen LogP contribution in [0.1, 0.15) is 7.12 Å². The minimum atomic E-state index is 0. The molecule has 0 aliphatic carbocycles. The van der Waals surface area contributed by atoms with Gasteiger partial charge >= 0.3 is 0 Å². The number of nitrogens with zero attached hydrogens (tertiary/aromatic N) is 2. The van der Waals surface area contributed by atoms with Crippen molar-refractivity contribution in [3.8, 4) is 17.2 Å². The summed E-state index contributed by atoms with van der Waals surface area (Å²) in [7, 11) is 0. The largest absolute Gasteiger partial charge is 0.506 e. The minimum Gasteiger partial charge on any atom is -0.506 e. The SMILES string of the molecule is NC(=NCc1ncccc1O)Nc1c(Oc2ccccc2)cccc1SO.O.[HH]. The number of nitrogens with two attached hydrogens (primary N) is 1. The van der Waals surface area contributed by atoms with E-state index in [4.69, 9.17) is 10.5 Å². The van der Waals surface area contributed by atoms with E-state index in [0.29, 0.717) is 39.8 Å². The summed E-state index contributed by atoms with van der Waals surface area (Å²) < 4.78 is 15.4. The van der Waals surface area contributed by atoms with E-state index >= 15 is 0 Å². The predicted octanol–water partition coefficient (Wildman–Crippen LogP) is 3.49. The van der Waals surface area contributed by atoms with Crippen molar-refractivity contribution in [2.24, 2.45) is 10.7 Å². The number of anilines is 1. The van der Waals surface area contributed by atoms with Gasteiger partial charge in [0.1, 0.15) is 22.9 Å². The molecule has 0 saturated heterocycles. The van der Waals surface area contributed by atoms with Crippen LogP contribution in [0.5, 0.6) is 17.2 Å². The van der Waals surface area contributed by atoms with Crippen molar-refractivity contribution in [3.05, 3.63) is 72.6 Å². The summed E-state index contributed by atoms with van der Waals surface area (Å²) in [5.41, 5.74) is 6.87. The van der Waals surface area contributed by atoms with E-state index < -0.39 is 0 Å². The Labute approximate surface area is 167 Å². The lowest BCUT2D eigenvalue weighted by Gasteiger charge is -2.15. The number of guanidine groups is 1. The summed E-state index contributed by atoms with van der Waals surface area (Å²) in [5, 5.41) is 12.7. The molecule has 0 atom stereocenters. The van der Waals surface area contributed by atoms with Gasteiger partial charge in [0.15, 0.2) is 11.7 Å². The highest BCUT2D eigenvalue weighted by Crippen LogP contribution is 2.36. The molecule has 0 unspecified atom stereocenters. The van der Waals surface area contributed by atoms with E-state index in [1.165, 1.54) is 6.07 Å². The van der Waals surface area contributed by atoms with Crippen molar-refractivity contribution < 1.29 is 21.3 Å². The third kappa shape index (κ3) is 5.36. The molecular formula is C19H22N4O4S.